The minimum absolute atomic E-state index is 0.552. The molecule has 0 fully saturated rings. The van der Waals surface area contributed by atoms with E-state index in [0.29, 0.717) is 6.61 Å². The van der Waals surface area contributed by atoms with Crippen LogP contribution in [0.1, 0.15) is 12.5 Å². The van der Waals surface area contributed by atoms with Gasteiger partial charge < -0.3 is 10.1 Å². The predicted octanol–water partition coefficient (Wildman–Crippen LogP) is 1.46. The molecule has 0 aromatic carbocycles. The summed E-state index contributed by atoms with van der Waals surface area (Å²) in [6.07, 6.45) is 1.72. The standard InChI is InChI=1S/C9H13N2O/c1-3-10-9-8(7-12-2)5-4-6-11-9/h4,6H,3,7H2,1-2H3,(H,10,11). The van der Waals surface area contributed by atoms with Crippen LogP contribution >= 0.6 is 0 Å². The zero-order valence-electron chi connectivity index (χ0n) is 7.42. The van der Waals surface area contributed by atoms with Crippen molar-refractivity contribution in [3.05, 3.63) is 23.9 Å². The van der Waals surface area contributed by atoms with Crippen molar-refractivity contribution in [2.45, 2.75) is 13.5 Å². The van der Waals surface area contributed by atoms with Crippen molar-refractivity contribution in [2.24, 2.45) is 0 Å². The number of anilines is 1. The van der Waals surface area contributed by atoms with Gasteiger partial charge in [-0.3, -0.25) is 0 Å². The number of rotatable bonds is 4. The number of methoxy groups -OCH3 is 1. The van der Waals surface area contributed by atoms with E-state index >= 15 is 0 Å². The average molecular weight is 165 g/mol. The molecule has 0 amide bonds. The lowest BCUT2D eigenvalue weighted by molar-refractivity contribution is 0.185. The van der Waals surface area contributed by atoms with E-state index in [1.54, 1.807) is 19.4 Å². The number of ether oxygens (including phenoxy) is 1. The summed E-state index contributed by atoms with van der Waals surface area (Å²) in [5.74, 6) is 0.863. The molecule has 0 aliphatic carbocycles. The maximum Gasteiger partial charge on any atom is 0.132 e. The fraction of sp³-hybridized carbons (Fsp3) is 0.444. The summed E-state index contributed by atoms with van der Waals surface area (Å²) in [6.45, 7) is 3.45. The van der Waals surface area contributed by atoms with Crippen LogP contribution in [-0.2, 0) is 11.3 Å². The van der Waals surface area contributed by atoms with E-state index in [9.17, 15) is 0 Å². The molecule has 0 bridgehead atoms. The van der Waals surface area contributed by atoms with Gasteiger partial charge in [-0.2, -0.15) is 0 Å². The first kappa shape index (κ1) is 9.00. The Morgan fingerprint density at radius 1 is 1.67 bits per heavy atom. The smallest absolute Gasteiger partial charge is 0.132 e. The van der Waals surface area contributed by atoms with Gasteiger partial charge in [0.1, 0.15) is 5.82 Å². The Morgan fingerprint density at radius 3 is 3.17 bits per heavy atom. The van der Waals surface area contributed by atoms with Crippen molar-refractivity contribution in [2.75, 3.05) is 19.0 Å². The molecule has 1 aromatic rings. The van der Waals surface area contributed by atoms with Crippen LogP contribution < -0.4 is 5.32 Å². The summed E-state index contributed by atoms with van der Waals surface area (Å²) in [6, 6.07) is 4.86. The van der Waals surface area contributed by atoms with Gasteiger partial charge in [-0.15, -0.1) is 0 Å². The maximum atomic E-state index is 5.00. The zero-order chi connectivity index (χ0) is 8.81. The van der Waals surface area contributed by atoms with E-state index in [1.807, 2.05) is 6.92 Å². The third kappa shape index (κ3) is 2.20. The second-order valence-corrected chi connectivity index (χ2v) is 2.38. The highest BCUT2D eigenvalue weighted by molar-refractivity contribution is 5.42. The zero-order valence-corrected chi connectivity index (χ0v) is 7.42. The number of hydrogen-bond donors (Lipinski definition) is 1. The summed E-state index contributed by atoms with van der Waals surface area (Å²) < 4.78 is 5.00. The summed E-state index contributed by atoms with van der Waals surface area (Å²) >= 11 is 0. The topological polar surface area (TPSA) is 34.2 Å². The number of pyridine rings is 1. The highest BCUT2D eigenvalue weighted by Gasteiger charge is 2.00. The molecule has 1 radical (unpaired) electrons. The van der Waals surface area contributed by atoms with E-state index in [1.165, 1.54) is 0 Å². The Bertz CT molecular complexity index is 213. The fourth-order valence-electron chi connectivity index (χ4n) is 0.970. The van der Waals surface area contributed by atoms with E-state index in [-0.39, 0.29) is 0 Å². The molecule has 0 spiro atoms. The summed E-state index contributed by atoms with van der Waals surface area (Å²) in [5, 5.41) is 3.14. The lowest BCUT2D eigenvalue weighted by Crippen LogP contribution is -2.03. The lowest BCUT2D eigenvalue weighted by atomic mass is 10.2. The number of nitrogens with one attached hydrogen (secondary N) is 1. The second kappa shape index (κ2) is 4.72. The van der Waals surface area contributed by atoms with Gasteiger partial charge in [-0.25, -0.2) is 4.98 Å². The van der Waals surface area contributed by atoms with Crippen molar-refractivity contribution in [3.63, 3.8) is 0 Å². The Labute approximate surface area is 72.8 Å². The molecular formula is C9H13N2O. The van der Waals surface area contributed by atoms with Crippen LogP contribution in [0.2, 0.25) is 0 Å². The van der Waals surface area contributed by atoms with Crippen molar-refractivity contribution in [1.29, 1.82) is 0 Å². The largest absolute Gasteiger partial charge is 0.380 e. The molecule has 0 saturated carbocycles. The molecule has 1 aromatic heterocycles. The fourth-order valence-corrected chi connectivity index (χ4v) is 0.970. The van der Waals surface area contributed by atoms with Gasteiger partial charge >= 0.3 is 0 Å². The van der Waals surface area contributed by atoms with Gasteiger partial charge in [0.25, 0.3) is 0 Å². The van der Waals surface area contributed by atoms with Crippen LogP contribution in [-0.4, -0.2) is 18.6 Å². The Hall–Kier alpha value is -1.09. The first-order valence-electron chi connectivity index (χ1n) is 3.96. The van der Waals surface area contributed by atoms with Crippen molar-refractivity contribution >= 4 is 5.82 Å². The molecule has 12 heavy (non-hydrogen) atoms. The lowest BCUT2D eigenvalue weighted by Gasteiger charge is -2.06. The van der Waals surface area contributed by atoms with E-state index in [0.717, 1.165) is 17.9 Å². The summed E-state index contributed by atoms with van der Waals surface area (Å²) in [4.78, 5) is 4.16. The Kier molecular flexibility index (Phi) is 3.54. The normalized spacial score (nSPS) is 9.83. The molecule has 3 heteroatoms. The molecule has 1 N–H and O–H groups in total. The highest BCUT2D eigenvalue weighted by atomic mass is 16.5. The van der Waals surface area contributed by atoms with Crippen LogP contribution in [0, 0.1) is 6.07 Å². The van der Waals surface area contributed by atoms with Gasteiger partial charge in [-0.05, 0) is 19.1 Å². The minimum atomic E-state index is 0.552. The minimum Gasteiger partial charge on any atom is -0.380 e. The Balaban J connectivity index is 2.77. The predicted molar refractivity (Wildman–Crippen MR) is 47.9 cm³/mol. The van der Waals surface area contributed by atoms with Gasteiger partial charge in [-0.1, -0.05) is 0 Å². The quantitative estimate of drug-likeness (QED) is 0.733. The summed E-state index contributed by atoms with van der Waals surface area (Å²) in [7, 11) is 1.66. The van der Waals surface area contributed by atoms with Crippen molar-refractivity contribution in [1.82, 2.24) is 4.98 Å². The molecule has 0 aliphatic rings. The van der Waals surface area contributed by atoms with Gasteiger partial charge in [0.2, 0.25) is 0 Å². The molecule has 0 aliphatic heterocycles. The average Bonchev–Trinajstić information content (AvgIpc) is 2.09. The van der Waals surface area contributed by atoms with Crippen LogP contribution in [0.15, 0.2) is 12.3 Å². The van der Waals surface area contributed by atoms with E-state index < -0.39 is 0 Å². The molecular weight excluding hydrogens is 152 g/mol. The third-order valence-corrected chi connectivity index (χ3v) is 1.45. The SMILES string of the molecule is CCNc1ncc[c]c1COC. The number of aromatic nitrogens is 1. The molecule has 0 unspecified atom stereocenters. The van der Waals surface area contributed by atoms with Gasteiger partial charge in [0, 0.05) is 25.4 Å². The van der Waals surface area contributed by atoms with Crippen LogP contribution in [0.5, 0.6) is 0 Å². The van der Waals surface area contributed by atoms with Gasteiger partial charge in [0.15, 0.2) is 0 Å². The summed E-state index contributed by atoms with van der Waals surface area (Å²) in [5.41, 5.74) is 0.974. The van der Waals surface area contributed by atoms with E-state index in [4.69, 9.17) is 4.74 Å². The number of nitrogens with zero attached hydrogens (tertiary/aromatic N) is 1. The first-order chi connectivity index (χ1) is 5.88. The van der Waals surface area contributed by atoms with E-state index in [2.05, 4.69) is 16.4 Å². The number of hydrogen-bond acceptors (Lipinski definition) is 3. The first-order valence-corrected chi connectivity index (χ1v) is 3.96. The van der Waals surface area contributed by atoms with Crippen LogP contribution in [0.4, 0.5) is 5.82 Å². The molecule has 1 heterocycles. The van der Waals surface area contributed by atoms with Crippen LogP contribution in [0.3, 0.4) is 0 Å². The molecule has 65 valence electrons. The van der Waals surface area contributed by atoms with Crippen molar-refractivity contribution < 1.29 is 4.74 Å². The molecule has 0 atom stereocenters. The molecule has 1 rings (SSSR count). The highest BCUT2D eigenvalue weighted by Crippen LogP contribution is 2.10. The Morgan fingerprint density at radius 2 is 2.50 bits per heavy atom. The third-order valence-electron chi connectivity index (χ3n) is 1.45. The molecule has 0 saturated heterocycles. The van der Waals surface area contributed by atoms with Crippen LogP contribution in [0.25, 0.3) is 0 Å². The van der Waals surface area contributed by atoms with Gasteiger partial charge in [0.05, 0.1) is 6.61 Å². The van der Waals surface area contributed by atoms with Crippen molar-refractivity contribution in [3.8, 4) is 0 Å². The monoisotopic (exact) mass is 165 g/mol. The molecule has 3 nitrogen and oxygen atoms in total. The maximum absolute atomic E-state index is 5.00. The second-order valence-electron chi connectivity index (χ2n) is 2.38.